The van der Waals surface area contributed by atoms with Gasteiger partial charge in [-0.1, -0.05) is 0 Å². The zero-order chi connectivity index (χ0) is 15.4. The Hall–Kier alpha value is -1.37. The van der Waals surface area contributed by atoms with Gasteiger partial charge in [-0.2, -0.15) is 16.4 Å². The number of carbonyl (C=O) groups is 1. The fraction of sp³-hybridized carbons (Fsp3) is 0.500. The number of aromatic nitrogens is 2. The van der Waals surface area contributed by atoms with Crippen LogP contribution in [-0.2, 0) is 17.9 Å². The Morgan fingerprint density at radius 3 is 3.09 bits per heavy atom. The number of thiophene rings is 1. The van der Waals surface area contributed by atoms with E-state index in [1.54, 1.807) is 20.9 Å². The summed E-state index contributed by atoms with van der Waals surface area (Å²) in [5.41, 5.74) is 2.27. The van der Waals surface area contributed by atoms with Gasteiger partial charge in [0.2, 0.25) is 5.91 Å². The second-order valence-corrected chi connectivity index (χ2v) is 6.64. The third kappa shape index (κ3) is 4.80. The first-order chi connectivity index (χ1) is 10.7. The van der Waals surface area contributed by atoms with E-state index in [9.17, 15) is 4.79 Å². The van der Waals surface area contributed by atoms with Crippen LogP contribution in [-0.4, -0.2) is 40.7 Å². The summed E-state index contributed by atoms with van der Waals surface area (Å²) in [5, 5.41) is 12.1. The largest absolute Gasteiger partial charge is 0.340 e. The maximum Gasteiger partial charge on any atom is 0.244 e. The summed E-state index contributed by atoms with van der Waals surface area (Å²) in [4.78, 5) is 14.0. The summed E-state index contributed by atoms with van der Waals surface area (Å²) in [5.74, 6) is 0.566. The molecule has 1 amide bonds. The van der Waals surface area contributed by atoms with Crippen molar-refractivity contribution in [2.45, 2.75) is 31.8 Å². The molecule has 23 heavy (non-hydrogen) atoms. The molecule has 1 saturated heterocycles. The molecule has 3 heterocycles. The van der Waals surface area contributed by atoms with Crippen LogP contribution in [0.25, 0.3) is 0 Å². The molecule has 0 radical (unpaired) electrons. The van der Waals surface area contributed by atoms with Crippen LogP contribution in [0.1, 0.15) is 30.0 Å². The summed E-state index contributed by atoms with van der Waals surface area (Å²) in [7, 11) is 1.84. The second-order valence-electron chi connectivity index (χ2n) is 5.86. The Balaban J connectivity index is 0.00000192. The van der Waals surface area contributed by atoms with Gasteiger partial charge in [0.25, 0.3) is 0 Å². The number of hydrogen-bond acceptors (Lipinski definition) is 4. The third-order valence-corrected chi connectivity index (χ3v) is 4.83. The molecule has 0 bridgehead atoms. The lowest BCUT2D eigenvalue weighted by Gasteiger charge is -2.20. The number of rotatable bonds is 5. The van der Waals surface area contributed by atoms with Gasteiger partial charge in [-0.15, -0.1) is 12.4 Å². The first-order valence-electron chi connectivity index (χ1n) is 7.71. The Labute approximate surface area is 147 Å². The number of amides is 1. The van der Waals surface area contributed by atoms with Crippen LogP contribution < -0.4 is 5.32 Å². The fourth-order valence-electron chi connectivity index (χ4n) is 2.79. The molecule has 3 rings (SSSR count). The highest BCUT2D eigenvalue weighted by molar-refractivity contribution is 7.07. The third-order valence-electron chi connectivity index (χ3n) is 4.10. The van der Waals surface area contributed by atoms with Gasteiger partial charge >= 0.3 is 0 Å². The molecule has 5 nitrogen and oxygen atoms in total. The van der Waals surface area contributed by atoms with E-state index in [0.29, 0.717) is 19.0 Å². The maximum atomic E-state index is 12.3. The highest BCUT2D eigenvalue weighted by atomic mass is 35.5. The highest BCUT2D eigenvalue weighted by Crippen LogP contribution is 2.21. The van der Waals surface area contributed by atoms with Crippen molar-refractivity contribution in [3.8, 4) is 0 Å². The zero-order valence-corrected chi connectivity index (χ0v) is 14.9. The molecule has 1 unspecified atom stereocenters. The number of likely N-dealkylation sites (N-methyl/N-ethyl adjacent to an activating group) is 1. The Morgan fingerprint density at radius 2 is 2.39 bits per heavy atom. The van der Waals surface area contributed by atoms with Crippen molar-refractivity contribution in [1.29, 1.82) is 0 Å². The zero-order valence-electron chi connectivity index (χ0n) is 13.3. The SMILES string of the molecule is CN(Cc1ccsc1)C(=O)Cn1ccc(C2CCCNC2)n1.Cl. The second kappa shape index (κ2) is 8.47. The van der Waals surface area contributed by atoms with Gasteiger partial charge in [0, 0.05) is 32.3 Å². The molecule has 2 aromatic rings. The minimum absolute atomic E-state index is 0. The molecule has 1 aliphatic rings. The van der Waals surface area contributed by atoms with E-state index in [2.05, 4.69) is 21.9 Å². The van der Waals surface area contributed by atoms with Gasteiger partial charge in [-0.3, -0.25) is 9.48 Å². The van der Waals surface area contributed by atoms with Crippen molar-refractivity contribution in [3.05, 3.63) is 40.3 Å². The van der Waals surface area contributed by atoms with E-state index in [1.165, 1.54) is 18.4 Å². The van der Waals surface area contributed by atoms with E-state index >= 15 is 0 Å². The molecule has 2 aromatic heterocycles. The minimum atomic E-state index is 0. The molecule has 126 valence electrons. The van der Waals surface area contributed by atoms with Gasteiger partial charge in [0.1, 0.15) is 6.54 Å². The van der Waals surface area contributed by atoms with Crippen molar-refractivity contribution < 1.29 is 4.79 Å². The molecule has 1 fully saturated rings. The van der Waals surface area contributed by atoms with E-state index in [-0.39, 0.29) is 18.3 Å². The number of piperidine rings is 1. The molecule has 0 aromatic carbocycles. The molecular weight excluding hydrogens is 332 g/mol. The van der Waals surface area contributed by atoms with Crippen molar-refractivity contribution in [2.75, 3.05) is 20.1 Å². The molecule has 1 aliphatic heterocycles. The van der Waals surface area contributed by atoms with Crippen molar-refractivity contribution in [2.24, 2.45) is 0 Å². The molecule has 0 aliphatic carbocycles. The van der Waals surface area contributed by atoms with E-state index < -0.39 is 0 Å². The molecule has 0 saturated carbocycles. The van der Waals surface area contributed by atoms with E-state index in [0.717, 1.165) is 18.8 Å². The molecular formula is C16H23ClN4OS. The molecule has 0 spiro atoms. The van der Waals surface area contributed by atoms with Crippen LogP contribution >= 0.6 is 23.7 Å². The number of halogens is 1. The summed E-state index contributed by atoms with van der Waals surface area (Å²) >= 11 is 1.65. The average Bonchev–Trinajstić information content (AvgIpc) is 3.20. The summed E-state index contributed by atoms with van der Waals surface area (Å²) in [6.45, 7) is 3.05. The van der Waals surface area contributed by atoms with Gasteiger partial charge in [0.05, 0.1) is 5.69 Å². The van der Waals surface area contributed by atoms with Crippen LogP contribution in [0.5, 0.6) is 0 Å². The van der Waals surface area contributed by atoms with Crippen molar-refractivity contribution >= 4 is 29.7 Å². The topological polar surface area (TPSA) is 50.2 Å². The summed E-state index contributed by atoms with van der Waals surface area (Å²) in [6, 6.07) is 4.10. The summed E-state index contributed by atoms with van der Waals surface area (Å²) in [6.07, 6.45) is 4.29. The number of nitrogens with one attached hydrogen (secondary N) is 1. The maximum absolute atomic E-state index is 12.3. The highest BCUT2D eigenvalue weighted by Gasteiger charge is 2.18. The molecule has 7 heteroatoms. The van der Waals surface area contributed by atoms with Crippen molar-refractivity contribution in [3.63, 3.8) is 0 Å². The minimum Gasteiger partial charge on any atom is -0.340 e. The Morgan fingerprint density at radius 1 is 1.52 bits per heavy atom. The van der Waals surface area contributed by atoms with E-state index in [1.807, 2.05) is 24.7 Å². The molecule has 1 N–H and O–H groups in total. The fourth-order valence-corrected chi connectivity index (χ4v) is 3.45. The predicted octanol–water partition coefficient (Wildman–Crippen LogP) is 2.49. The van der Waals surface area contributed by atoms with Crippen LogP contribution in [0.2, 0.25) is 0 Å². The van der Waals surface area contributed by atoms with Crippen LogP contribution in [0, 0.1) is 0 Å². The van der Waals surface area contributed by atoms with Crippen LogP contribution in [0.15, 0.2) is 29.1 Å². The first-order valence-corrected chi connectivity index (χ1v) is 8.66. The van der Waals surface area contributed by atoms with Gasteiger partial charge in [-0.05, 0) is 47.8 Å². The lowest BCUT2D eigenvalue weighted by molar-refractivity contribution is -0.131. The lowest BCUT2D eigenvalue weighted by Crippen LogP contribution is -2.30. The smallest absolute Gasteiger partial charge is 0.244 e. The lowest BCUT2D eigenvalue weighted by atomic mass is 9.97. The van der Waals surface area contributed by atoms with E-state index in [4.69, 9.17) is 0 Å². The number of hydrogen-bond donors (Lipinski definition) is 1. The quantitative estimate of drug-likeness (QED) is 0.897. The number of carbonyl (C=O) groups excluding carboxylic acids is 1. The predicted molar refractivity (Wildman–Crippen MR) is 95.1 cm³/mol. The van der Waals surface area contributed by atoms with Crippen LogP contribution in [0.3, 0.4) is 0 Å². The van der Waals surface area contributed by atoms with Gasteiger partial charge in [-0.25, -0.2) is 0 Å². The Kier molecular flexibility index (Phi) is 6.62. The normalized spacial score (nSPS) is 17.5. The standard InChI is InChI=1S/C16H22N4OS.ClH/c1-19(10-13-5-8-22-12-13)16(21)11-20-7-4-15(18-20)14-3-2-6-17-9-14;/h4-5,7-8,12,14,17H,2-3,6,9-11H2,1H3;1H. The Bertz CT molecular complexity index is 607. The van der Waals surface area contributed by atoms with Crippen LogP contribution in [0.4, 0.5) is 0 Å². The van der Waals surface area contributed by atoms with Gasteiger partial charge < -0.3 is 10.2 Å². The summed E-state index contributed by atoms with van der Waals surface area (Å²) < 4.78 is 1.76. The first kappa shape index (κ1) is 18.0. The number of nitrogens with zero attached hydrogens (tertiary/aromatic N) is 3. The average molecular weight is 355 g/mol. The van der Waals surface area contributed by atoms with Gasteiger partial charge in [0.15, 0.2) is 0 Å². The van der Waals surface area contributed by atoms with Crippen molar-refractivity contribution in [1.82, 2.24) is 20.0 Å². The molecule has 1 atom stereocenters. The monoisotopic (exact) mass is 354 g/mol.